The van der Waals surface area contributed by atoms with Crippen LogP contribution in [-0.4, -0.2) is 48.9 Å². The minimum absolute atomic E-state index is 0.104. The second-order valence-electron chi connectivity index (χ2n) is 8.19. The van der Waals surface area contributed by atoms with Crippen LogP contribution in [0.4, 0.5) is 0 Å². The molecule has 0 amide bonds. The van der Waals surface area contributed by atoms with Crippen LogP contribution in [0.3, 0.4) is 0 Å². The molecule has 2 heterocycles. The standard InChI is InChI=1S/C17H29IN2O5SSi/c1-17(2,3)27(5,6)24-9-13-12(23-10-26-4)7-14(25-13)20-8-11(18)15(21)19-16(20)22/h8,12-14H,7,9-10H2,1-6H3,(H,19,21,22)/t12-,13-,14-/m0/s1. The second kappa shape index (κ2) is 9.12. The number of hydrogen-bond acceptors (Lipinski definition) is 6. The molecule has 27 heavy (non-hydrogen) atoms. The first-order valence-corrected chi connectivity index (χ1v) is 14.3. The molecule has 7 nitrogen and oxygen atoms in total. The van der Waals surface area contributed by atoms with E-state index < -0.39 is 20.2 Å². The van der Waals surface area contributed by atoms with Crippen LogP contribution < -0.4 is 11.2 Å². The van der Waals surface area contributed by atoms with E-state index in [2.05, 4.69) is 38.8 Å². The van der Waals surface area contributed by atoms with Crippen LogP contribution in [0.25, 0.3) is 0 Å². The minimum atomic E-state index is -1.92. The van der Waals surface area contributed by atoms with E-state index in [9.17, 15) is 9.59 Å². The molecule has 1 aromatic heterocycles. The summed E-state index contributed by atoms with van der Waals surface area (Å²) in [5.74, 6) is 0.551. The number of ether oxygens (including phenoxy) is 2. The molecule has 0 saturated carbocycles. The van der Waals surface area contributed by atoms with Gasteiger partial charge in [0.1, 0.15) is 12.3 Å². The van der Waals surface area contributed by atoms with Gasteiger partial charge in [0, 0.05) is 12.6 Å². The van der Waals surface area contributed by atoms with Gasteiger partial charge in [0.15, 0.2) is 8.32 Å². The second-order valence-corrected chi connectivity index (χ2v) is 15.0. The van der Waals surface area contributed by atoms with Crippen LogP contribution in [0.1, 0.15) is 33.4 Å². The average Bonchev–Trinajstić information content (AvgIpc) is 2.96. The van der Waals surface area contributed by atoms with Crippen LogP contribution in [0, 0.1) is 3.57 Å². The molecule has 0 spiro atoms. The Morgan fingerprint density at radius 3 is 2.67 bits per heavy atom. The van der Waals surface area contributed by atoms with Crippen molar-refractivity contribution in [3.05, 3.63) is 30.6 Å². The molecule has 0 aromatic carbocycles. The quantitative estimate of drug-likeness (QED) is 0.333. The van der Waals surface area contributed by atoms with E-state index in [0.717, 1.165) is 0 Å². The topological polar surface area (TPSA) is 82.6 Å². The Bertz CT molecular complexity index is 761. The Kier molecular flexibility index (Phi) is 7.81. The molecule has 0 aliphatic carbocycles. The number of thioether (sulfide) groups is 1. The van der Waals surface area contributed by atoms with Crippen LogP contribution in [0.2, 0.25) is 18.1 Å². The highest BCUT2D eigenvalue weighted by Crippen LogP contribution is 2.38. The highest BCUT2D eigenvalue weighted by Gasteiger charge is 2.42. The number of nitrogens with one attached hydrogen (secondary N) is 1. The van der Waals surface area contributed by atoms with E-state index in [4.69, 9.17) is 13.9 Å². The van der Waals surface area contributed by atoms with Gasteiger partial charge < -0.3 is 13.9 Å². The number of hydrogen-bond donors (Lipinski definition) is 1. The highest BCUT2D eigenvalue weighted by atomic mass is 127. The van der Waals surface area contributed by atoms with Crippen molar-refractivity contribution >= 4 is 42.7 Å². The van der Waals surface area contributed by atoms with E-state index in [1.54, 1.807) is 11.8 Å². The smallest absolute Gasteiger partial charge is 0.330 e. The van der Waals surface area contributed by atoms with E-state index >= 15 is 0 Å². The third-order valence-electron chi connectivity index (χ3n) is 5.23. The maximum Gasteiger partial charge on any atom is 0.330 e. The van der Waals surface area contributed by atoms with Crippen molar-refractivity contribution in [1.82, 2.24) is 9.55 Å². The van der Waals surface area contributed by atoms with Gasteiger partial charge >= 0.3 is 5.69 Å². The molecule has 0 radical (unpaired) electrons. The number of rotatable bonds is 7. The number of aromatic amines is 1. The number of halogens is 1. The lowest BCUT2D eigenvalue weighted by atomic mass is 10.2. The lowest BCUT2D eigenvalue weighted by Crippen LogP contribution is -2.44. The SMILES string of the molecule is CSCO[C@H]1C[C@@H](n2cc(I)c(=O)[nH]c2=O)O[C@H]1CO[Si](C)(C)C(C)(C)C. The van der Waals surface area contributed by atoms with Gasteiger partial charge in [-0.25, -0.2) is 4.79 Å². The third kappa shape index (κ3) is 5.69. The minimum Gasteiger partial charge on any atom is -0.414 e. The molecular weight excluding hydrogens is 499 g/mol. The van der Waals surface area contributed by atoms with Crippen molar-refractivity contribution in [2.75, 3.05) is 18.8 Å². The monoisotopic (exact) mass is 528 g/mol. The molecule has 1 saturated heterocycles. The summed E-state index contributed by atoms with van der Waals surface area (Å²) in [4.78, 5) is 26.2. The molecule has 1 aromatic rings. The van der Waals surface area contributed by atoms with Crippen molar-refractivity contribution in [2.24, 2.45) is 0 Å². The van der Waals surface area contributed by atoms with E-state index in [-0.39, 0.29) is 22.8 Å². The zero-order valence-corrected chi connectivity index (χ0v) is 20.7. The van der Waals surface area contributed by atoms with Crippen molar-refractivity contribution in [3.63, 3.8) is 0 Å². The number of aromatic nitrogens is 2. The number of nitrogens with zero attached hydrogens (tertiary/aromatic N) is 1. The predicted molar refractivity (Wildman–Crippen MR) is 119 cm³/mol. The fourth-order valence-electron chi connectivity index (χ4n) is 2.53. The first-order chi connectivity index (χ1) is 12.5. The van der Waals surface area contributed by atoms with Crippen LogP contribution in [0.5, 0.6) is 0 Å². The Morgan fingerprint density at radius 1 is 1.41 bits per heavy atom. The number of H-pyrrole nitrogens is 1. The third-order valence-corrected chi connectivity index (χ3v) is 10.9. The Morgan fingerprint density at radius 2 is 2.07 bits per heavy atom. The molecule has 1 aliphatic heterocycles. The van der Waals surface area contributed by atoms with E-state index in [1.807, 2.05) is 28.8 Å². The Hall–Kier alpha value is -0.143. The first-order valence-electron chi connectivity index (χ1n) is 8.87. The summed E-state index contributed by atoms with van der Waals surface area (Å²) >= 11 is 3.51. The largest absolute Gasteiger partial charge is 0.414 e. The van der Waals surface area contributed by atoms with Crippen molar-refractivity contribution < 1.29 is 13.9 Å². The highest BCUT2D eigenvalue weighted by molar-refractivity contribution is 14.1. The molecule has 154 valence electrons. The van der Waals surface area contributed by atoms with Crippen molar-refractivity contribution in [3.8, 4) is 0 Å². The molecule has 0 bridgehead atoms. The lowest BCUT2D eigenvalue weighted by molar-refractivity contribution is -0.0529. The summed E-state index contributed by atoms with van der Waals surface area (Å²) in [5, 5.41) is 0.104. The fraction of sp³-hybridized carbons (Fsp3) is 0.765. The van der Waals surface area contributed by atoms with E-state index in [1.165, 1.54) is 10.8 Å². The van der Waals surface area contributed by atoms with Crippen LogP contribution in [-0.2, 0) is 13.9 Å². The zero-order chi connectivity index (χ0) is 20.4. The molecule has 10 heteroatoms. The maximum absolute atomic E-state index is 12.2. The first kappa shape index (κ1) is 23.1. The molecule has 3 atom stereocenters. The molecular formula is C17H29IN2O5SSi. The van der Waals surface area contributed by atoms with Gasteiger partial charge in [-0.3, -0.25) is 14.3 Å². The van der Waals surface area contributed by atoms with Gasteiger partial charge in [0.2, 0.25) is 0 Å². The molecule has 1 fully saturated rings. The maximum atomic E-state index is 12.2. The summed E-state index contributed by atoms with van der Waals surface area (Å²) in [6, 6.07) is 0. The molecule has 1 aliphatic rings. The predicted octanol–water partition coefficient (Wildman–Crippen LogP) is 3.16. The fourth-order valence-corrected chi connectivity index (χ4v) is 4.29. The summed E-state index contributed by atoms with van der Waals surface area (Å²) in [6.45, 7) is 11.4. The van der Waals surface area contributed by atoms with Gasteiger partial charge in [-0.05, 0) is 47.0 Å². The summed E-state index contributed by atoms with van der Waals surface area (Å²) < 4.78 is 20.3. The normalized spacial score (nSPS) is 23.7. The van der Waals surface area contributed by atoms with Crippen molar-refractivity contribution in [1.29, 1.82) is 0 Å². The zero-order valence-electron chi connectivity index (χ0n) is 16.7. The molecule has 0 unspecified atom stereocenters. The lowest BCUT2D eigenvalue weighted by Gasteiger charge is -2.37. The van der Waals surface area contributed by atoms with Gasteiger partial charge in [-0.15, -0.1) is 11.8 Å². The molecule has 2 rings (SSSR count). The molecule has 1 N–H and O–H groups in total. The van der Waals surface area contributed by atoms with Gasteiger partial charge in [-0.1, -0.05) is 20.8 Å². The Labute approximate surface area is 178 Å². The van der Waals surface area contributed by atoms with Crippen LogP contribution in [0.15, 0.2) is 15.8 Å². The van der Waals surface area contributed by atoms with Gasteiger partial charge in [0.05, 0.1) is 22.2 Å². The summed E-state index contributed by atoms with van der Waals surface area (Å²) in [5.41, 5.74) is -0.858. The van der Waals surface area contributed by atoms with E-state index in [0.29, 0.717) is 22.5 Å². The van der Waals surface area contributed by atoms with Gasteiger partial charge in [-0.2, -0.15) is 0 Å². The van der Waals surface area contributed by atoms with Crippen LogP contribution >= 0.6 is 34.4 Å². The average molecular weight is 528 g/mol. The Balaban J connectivity index is 2.18. The van der Waals surface area contributed by atoms with Gasteiger partial charge in [0.25, 0.3) is 5.56 Å². The summed E-state index contributed by atoms with van der Waals surface area (Å²) in [7, 11) is -1.92. The van der Waals surface area contributed by atoms with Crippen molar-refractivity contribution in [2.45, 2.75) is 63.8 Å². The summed E-state index contributed by atoms with van der Waals surface area (Å²) in [6.07, 6.45) is 3.14.